The van der Waals surface area contributed by atoms with Gasteiger partial charge < -0.3 is 4.90 Å². The first kappa shape index (κ1) is 33.7. The Bertz CT molecular complexity index is 2260. The summed E-state index contributed by atoms with van der Waals surface area (Å²) in [5, 5.41) is 0. The number of hydrogen-bond donors (Lipinski definition) is 0. The van der Waals surface area contributed by atoms with Crippen LogP contribution in [0.4, 0.5) is 17.1 Å². The lowest BCUT2D eigenvalue weighted by Crippen LogP contribution is -2.29. The molecule has 0 aliphatic heterocycles. The molecule has 5 aliphatic carbocycles. The smallest absolute Gasteiger partial charge is 0.0543 e. The number of benzene rings is 6. The molecule has 1 atom stereocenters. The van der Waals surface area contributed by atoms with Gasteiger partial charge in [0.2, 0.25) is 0 Å². The molecule has 270 valence electrons. The van der Waals surface area contributed by atoms with Crippen molar-refractivity contribution in [1.82, 2.24) is 0 Å². The second-order valence-corrected chi connectivity index (χ2v) is 17.5. The van der Waals surface area contributed by atoms with E-state index in [0.29, 0.717) is 11.8 Å². The quantitative estimate of drug-likeness (QED) is 0.160. The van der Waals surface area contributed by atoms with Crippen LogP contribution in [0.25, 0.3) is 33.4 Å². The topological polar surface area (TPSA) is 3.24 Å². The summed E-state index contributed by atoms with van der Waals surface area (Å²) in [6.07, 6.45) is 13.8. The van der Waals surface area contributed by atoms with Crippen molar-refractivity contribution < 1.29 is 0 Å². The van der Waals surface area contributed by atoms with Gasteiger partial charge in [-0.15, -0.1) is 0 Å². The first-order valence-corrected chi connectivity index (χ1v) is 21.0. The molecular weight excluding hydrogens is 651 g/mol. The molecule has 11 rings (SSSR count). The zero-order valence-electron chi connectivity index (χ0n) is 32.1. The van der Waals surface area contributed by atoms with E-state index in [1.54, 1.807) is 5.56 Å². The van der Waals surface area contributed by atoms with Gasteiger partial charge in [-0.05, 0) is 142 Å². The first-order valence-electron chi connectivity index (χ1n) is 21.0. The van der Waals surface area contributed by atoms with Crippen LogP contribution in [0, 0.1) is 11.8 Å². The molecular formula is C53H53N. The summed E-state index contributed by atoms with van der Waals surface area (Å²) in [5.41, 5.74) is 17.2. The van der Waals surface area contributed by atoms with Crippen LogP contribution in [0.5, 0.6) is 0 Å². The molecule has 54 heavy (non-hydrogen) atoms. The fraction of sp³-hybridized carbons (Fsp3) is 0.321. The van der Waals surface area contributed by atoms with Gasteiger partial charge >= 0.3 is 0 Å². The molecule has 0 amide bonds. The molecule has 0 aromatic heterocycles. The van der Waals surface area contributed by atoms with E-state index in [2.05, 4.69) is 158 Å². The normalized spacial score (nSPS) is 21.4. The predicted octanol–water partition coefficient (Wildman–Crippen LogP) is 15.1. The molecule has 5 aliphatic rings. The van der Waals surface area contributed by atoms with E-state index in [1.807, 2.05) is 0 Å². The third kappa shape index (κ3) is 5.83. The van der Waals surface area contributed by atoms with Crippen LogP contribution < -0.4 is 4.90 Å². The van der Waals surface area contributed by atoms with Gasteiger partial charge in [0.05, 0.1) is 5.69 Å². The molecule has 2 bridgehead atoms. The lowest BCUT2D eigenvalue weighted by Gasteiger charge is -2.42. The van der Waals surface area contributed by atoms with E-state index in [0.717, 1.165) is 11.8 Å². The fourth-order valence-corrected chi connectivity index (χ4v) is 11.1. The Morgan fingerprint density at radius 2 is 1.09 bits per heavy atom. The molecule has 0 saturated heterocycles. The highest BCUT2D eigenvalue weighted by atomic mass is 15.1. The van der Waals surface area contributed by atoms with Gasteiger partial charge in [0.15, 0.2) is 0 Å². The summed E-state index contributed by atoms with van der Waals surface area (Å²) in [6.45, 7) is 4.82. The van der Waals surface area contributed by atoms with Crippen LogP contribution in [0.15, 0.2) is 140 Å². The summed E-state index contributed by atoms with van der Waals surface area (Å²) in [7, 11) is 0. The monoisotopic (exact) mass is 703 g/mol. The molecule has 4 fully saturated rings. The Labute approximate surface area is 323 Å². The number of hydrogen-bond acceptors (Lipinski definition) is 1. The van der Waals surface area contributed by atoms with Gasteiger partial charge in [0.1, 0.15) is 0 Å². The molecule has 6 aromatic rings. The van der Waals surface area contributed by atoms with Crippen LogP contribution in [0.1, 0.15) is 112 Å². The summed E-state index contributed by atoms with van der Waals surface area (Å²) in [5.74, 6) is 3.16. The van der Waals surface area contributed by atoms with Crippen molar-refractivity contribution in [3.63, 3.8) is 0 Å². The van der Waals surface area contributed by atoms with Gasteiger partial charge in [-0.2, -0.15) is 0 Å². The van der Waals surface area contributed by atoms with Crippen LogP contribution in [0.2, 0.25) is 0 Å². The third-order valence-electron chi connectivity index (χ3n) is 14.1. The predicted molar refractivity (Wildman–Crippen MR) is 228 cm³/mol. The third-order valence-corrected chi connectivity index (χ3v) is 14.1. The standard InChI is InChI=1S/C53H53N/c1-53(2)50-20-12-11-19-46(50)48-34-49(45-18-10-9-17-44(45)39-15-7-4-8-16-39)52(35-51(48)53)54(42-29-25-38(26-30-42)37-13-5-3-6-14-37)43-31-27-41(28-32-43)47-33-36-21-23-40(47)24-22-36/h4,7-12,15-20,25-32,34-37,40,47H,3,5-6,13-14,21-24,33H2,1-2H3. The van der Waals surface area contributed by atoms with Crippen molar-refractivity contribution in [1.29, 1.82) is 0 Å². The molecule has 1 nitrogen and oxygen atoms in total. The minimum absolute atomic E-state index is 0.112. The van der Waals surface area contributed by atoms with Crippen LogP contribution in [0.3, 0.4) is 0 Å². The molecule has 1 unspecified atom stereocenters. The molecule has 0 spiro atoms. The Morgan fingerprint density at radius 3 is 1.76 bits per heavy atom. The largest absolute Gasteiger partial charge is 0.310 e. The average molecular weight is 704 g/mol. The van der Waals surface area contributed by atoms with Crippen LogP contribution in [-0.4, -0.2) is 0 Å². The van der Waals surface area contributed by atoms with Gasteiger partial charge in [-0.1, -0.05) is 149 Å². The zero-order valence-corrected chi connectivity index (χ0v) is 32.1. The number of nitrogens with zero attached hydrogens (tertiary/aromatic N) is 1. The van der Waals surface area contributed by atoms with Gasteiger partial charge in [0.25, 0.3) is 0 Å². The Balaban J connectivity index is 1.18. The SMILES string of the molecule is CC1(C)c2ccccc2-c2cc(-c3ccccc3-c3ccccc3)c(N(c3ccc(C4CCCCC4)cc3)c3ccc(C4CC5CCC4CC5)cc3)cc21. The maximum absolute atomic E-state index is 2.58. The van der Waals surface area contributed by atoms with Crippen LogP contribution in [-0.2, 0) is 5.41 Å². The summed E-state index contributed by atoms with van der Waals surface area (Å²) in [6, 6.07) is 53.7. The second kappa shape index (κ2) is 13.8. The Hall–Kier alpha value is -4.88. The zero-order chi connectivity index (χ0) is 36.2. The molecule has 0 heterocycles. The van der Waals surface area contributed by atoms with Gasteiger partial charge in [-0.25, -0.2) is 0 Å². The van der Waals surface area contributed by atoms with E-state index < -0.39 is 0 Å². The highest BCUT2D eigenvalue weighted by molar-refractivity contribution is 5.98. The van der Waals surface area contributed by atoms with E-state index in [-0.39, 0.29) is 5.41 Å². The average Bonchev–Trinajstić information content (AvgIpc) is 3.47. The van der Waals surface area contributed by atoms with Gasteiger partial charge in [-0.3, -0.25) is 0 Å². The molecule has 4 saturated carbocycles. The first-order chi connectivity index (χ1) is 26.5. The molecule has 0 radical (unpaired) electrons. The fourth-order valence-electron chi connectivity index (χ4n) is 11.1. The summed E-state index contributed by atoms with van der Waals surface area (Å²) in [4.78, 5) is 2.58. The van der Waals surface area contributed by atoms with Crippen LogP contribution >= 0.6 is 0 Å². The number of fused-ring (bicyclic) bond motifs is 6. The van der Waals surface area contributed by atoms with E-state index in [4.69, 9.17) is 0 Å². The maximum atomic E-state index is 2.58. The number of anilines is 3. The van der Waals surface area contributed by atoms with E-state index in [1.165, 1.54) is 131 Å². The van der Waals surface area contributed by atoms with Crippen molar-refractivity contribution in [3.8, 4) is 33.4 Å². The Morgan fingerprint density at radius 1 is 0.481 bits per heavy atom. The van der Waals surface area contributed by atoms with E-state index >= 15 is 0 Å². The lowest BCUT2D eigenvalue weighted by molar-refractivity contribution is 0.145. The van der Waals surface area contributed by atoms with Crippen molar-refractivity contribution in [2.45, 2.75) is 95.3 Å². The highest BCUT2D eigenvalue weighted by Crippen LogP contribution is 2.55. The molecule has 1 heteroatoms. The minimum atomic E-state index is -0.112. The van der Waals surface area contributed by atoms with Crippen molar-refractivity contribution in [2.75, 3.05) is 4.90 Å². The highest BCUT2D eigenvalue weighted by Gasteiger charge is 2.38. The van der Waals surface area contributed by atoms with Crippen molar-refractivity contribution in [2.24, 2.45) is 11.8 Å². The molecule has 0 N–H and O–H groups in total. The number of rotatable bonds is 7. The maximum Gasteiger partial charge on any atom is 0.0543 e. The lowest BCUT2D eigenvalue weighted by atomic mass is 9.63. The Kier molecular flexibility index (Phi) is 8.58. The molecule has 6 aromatic carbocycles. The van der Waals surface area contributed by atoms with Crippen molar-refractivity contribution in [3.05, 3.63) is 162 Å². The van der Waals surface area contributed by atoms with E-state index in [9.17, 15) is 0 Å². The second-order valence-electron chi connectivity index (χ2n) is 17.5. The van der Waals surface area contributed by atoms with Crippen molar-refractivity contribution >= 4 is 17.1 Å². The minimum Gasteiger partial charge on any atom is -0.310 e. The van der Waals surface area contributed by atoms with Gasteiger partial charge in [0, 0.05) is 22.4 Å². The summed E-state index contributed by atoms with van der Waals surface area (Å²) >= 11 is 0. The summed E-state index contributed by atoms with van der Waals surface area (Å²) < 4.78 is 0.